The molecule has 4 aromatic rings. The van der Waals surface area contributed by atoms with Crippen molar-refractivity contribution in [2.24, 2.45) is 5.73 Å². The predicted octanol–water partition coefficient (Wildman–Crippen LogP) is 10.7. The van der Waals surface area contributed by atoms with Crippen LogP contribution in [0.3, 0.4) is 0 Å². The third-order valence-electron chi connectivity index (χ3n) is 13.5. The van der Waals surface area contributed by atoms with Crippen LogP contribution in [0.1, 0.15) is 81.4 Å². The van der Waals surface area contributed by atoms with E-state index in [2.05, 4.69) is 137 Å². The Hall–Kier alpha value is -3.16. The minimum absolute atomic E-state index is 0.00571. The number of unbranched alkanes of at least 4 members (excludes halogenated alkanes) is 1. The van der Waals surface area contributed by atoms with Crippen LogP contribution in [0.2, 0.25) is 54.4 Å². The number of benzene rings is 2. The summed E-state index contributed by atoms with van der Waals surface area (Å²) in [6.45, 7) is 35.6. The normalized spacial score (nSPS) is 19.6. The van der Waals surface area contributed by atoms with Gasteiger partial charge in [-0.3, -0.25) is 4.57 Å². The number of ether oxygens (including phenoxy) is 2. The Labute approximate surface area is 363 Å². The molecule has 1 saturated heterocycles. The molecule has 2 aromatic carbocycles. The molecule has 0 aliphatic carbocycles. The summed E-state index contributed by atoms with van der Waals surface area (Å²) >= 11 is 0. The van der Waals surface area contributed by atoms with E-state index in [-0.39, 0.29) is 20.9 Å². The van der Waals surface area contributed by atoms with Crippen LogP contribution in [0.5, 0.6) is 5.75 Å². The molecule has 0 unspecified atom stereocenters. The van der Waals surface area contributed by atoms with E-state index in [9.17, 15) is 0 Å². The number of rotatable bonds is 16. The molecule has 0 radical (unpaired) electrons. The van der Waals surface area contributed by atoms with Gasteiger partial charge in [0.2, 0.25) is 5.95 Å². The van der Waals surface area contributed by atoms with E-state index in [1.807, 2.05) is 34.7 Å². The largest absolute Gasteiger partial charge is 0.493 e. The first-order valence-electron chi connectivity index (χ1n) is 21.6. The molecule has 0 bridgehead atoms. The van der Waals surface area contributed by atoms with E-state index in [4.69, 9.17) is 44.2 Å². The summed E-state index contributed by atoms with van der Waals surface area (Å²) < 4.78 is 37.9. The van der Waals surface area contributed by atoms with Gasteiger partial charge < -0.3 is 39.1 Å². The summed E-state index contributed by atoms with van der Waals surface area (Å²) in [7, 11) is -5.06. The Morgan fingerprint density at radius 3 is 1.97 bits per heavy atom. The Kier molecular flexibility index (Phi) is 14.3. The summed E-state index contributed by atoms with van der Waals surface area (Å²) in [5, 5.41) is -0.160. The molecule has 1 aliphatic heterocycles. The van der Waals surface area contributed by atoms with Crippen molar-refractivity contribution in [1.29, 1.82) is 0 Å². The highest BCUT2D eigenvalue weighted by molar-refractivity contribution is 6.75. The lowest BCUT2D eigenvalue weighted by atomic mass is 10.0. The zero-order valence-electron chi connectivity index (χ0n) is 39.5. The highest BCUT2D eigenvalue weighted by Gasteiger charge is 2.56. The fourth-order valence-electron chi connectivity index (χ4n) is 6.48. The second kappa shape index (κ2) is 17.9. The summed E-state index contributed by atoms with van der Waals surface area (Å²) in [6.07, 6.45) is 1.11. The number of nitrogen functional groups attached to an aromatic ring is 1. The van der Waals surface area contributed by atoms with Crippen LogP contribution in [-0.4, -0.2) is 89.6 Å². The van der Waals surface area contributed by atoms with E-state index in [1.165, 1.54) is 6.33 Å². The van der Waals surface area contributed by atoms with E-state index >= 15 is 0 Å². The number of fused-ring (bicyclic) bond motifs is 1. The van der Waals surface area contributed by atoms with Gasteiger partial charge in [-0.15, -0.1) is 0 Å². The molecular weight excluding hydrogens is 803 g/mol. The van der Waals surface area contributed by atoms with Gasteiger partial charge in [-0.05, 0) is 91.5 Å². The number of nitrogens with two attached hydrogens (primary N) is 2. The number of hydrogen-bond donors (Lipinski definition) is 2. The molecule has 5 rings (SSSR count). The number of aromatic nitrogens is 4. The molecular formula is C45H75N7O5Si3. The maximum Gasteiger partial charge on any atom is 0.214 e. The maximum atomic E-state index is 7.56. The van der Waals surface area contributed by atoms with Gasteiger partial charge in [0.15, 0.2) is 48.2 Å². The standard InChI is InChI=1S/C45H75N7O5Si3/c1-43(2,3)58(11,12)54-29-35-37(56-59(13,14)44(4,5)6)38(57-60(15,16)45(7,8)9)41(55-35)52-40-36(39(47)48-30-49-40)50-42(52)51(10)32-24-25-33(31-22-18-17-19-23-31)34(28-32)53-27-21-20-26-46/h17-19,22-25,28,30,35,37-38,41H,20-21,26-27,29,46H2,1-16H3,(H2,47,48,49)/t35-,37-,38-,41-/m1/s1. The Morgan fingerprint density at radius 1 is 0.783 bits per heavy atom. The van der Waals surface area contributed by atoms with Crippen LogP contribution in [0.25, 0.3) is 22.3 Å². The van der Waals surface area contributed by atoms with E-state index < -0.39 is 49.5 Å². The first-order chi connectivity index (χ1) is 27.7. The fraction of sp³-hybridized carbons (Fsp3) is 0.622. The molecule has 4 N–H and O–H groups in total. The first-order valence-corrected chi connectivity index (χ1v) is 30.3. The Balaban J connectivity index is 1.72. The van der Waals surface area contributed by atoms with E-state index in [1.54, 1.807) is 0 Å². The number of nitrogens with zero attached hydrogens (tertiary/aromatic N) is 5. The number of hydrogen-bond acceptors (Lipinski definition) is 11. The quantitative estimate of drug-likeness (QED) is 0.0819. The van der Waals surface area contributed by atoms with Crippen LogP contribution in [-0.2, 0) is 18.0 Å². The van der Waals surface area contributed by atoms with Crippen molar-refractivity contribution in [3.63, 3.8) is 0 Å². The van der Waals surface area contributed by atoms with Gasteiger partial charge in [0.05, 0.1) is 13.2 Å². The molecule has 0 spiro atoms. The average molecular weight is 878 g/mol. The minimum Gasteiger partial charge on any atom is -0.493 e. The zero-order chi connectivity index (χ0) is 44.6. The van der Waals surface area contributed by atoms with Crippen LogP contribution in [0.4, 0.5) is 17.5 Å². The minimum atomic E-state index is -2.46. The second-order valence-corrected chi connectivity index (χ2v) is 35.3. The van der Waals surface area contributed by atoms with Crippen LogP contribution < -0.4 is 21.1 Å². The van der Waals surface area contributed by atoms with Gasteiger partial charge >= 0.3 is 0 Å². The lowest BCUT2D eigenvalue weighted by Gasteiger charge is -2.44. The molecule has 1 fully saturated rings. The van der Waals surface area contributed by atoms with Crippen LogP contribution >= 0.6 is 0 Å². The third-order valence-corrected chi connectivity index (χ3v) is 27.0. The van der Waals surface area contributed by atoms with Crippen molar-refractivity contribution in [2.75, 3.05) is 37.4 Å². The fourth-order valence-corrected chi connectivity index (χ4v) is 10.1. The van der Waals surface area contributed by atoms with E-state index in [0.717, 1.165) is 35.4 Å². The predicted molar refractivity (Wildman–Crippen MR) is 255 cm³/mol. The molecule has 60 heavy (non-hydrogen) atoms. The van der Waals surface area contributed by atoms with E-state index in [0.29, 0.717) is 36.9 Å². The third kappa shape index (κ3) is 10.2. The highest BCUT2D eigenvalue weighted by atomic mass is 28.4. The Bertz CT molecular complexity index is 2060. The lowest BCUT2D eigenvalue weighted by molar-refractivity contribution is -0.0462. The smallest absolute Gasteiger partial charge is 0.214 e. The SMILES string of the molecule is CN(c1ccc(-c2ccccc2)c(OCCCCN)c1)c1nc2c(N)ncnc2n1[C@@H]1O[C@H](CO[Si](C)(C)C(C)(C)C)[C@@H](O[Si](C)(C)C(C)(C)C)[C@H]1O[Si](C)(C)C(C)(C)C. The van der Waals surface area contributed by atoms with Crippen molar-refractivity contribution in [3.05, 3.63) is 54.9 Å². The van der Waals surface area contributed by atoms with Gasteiger partial charge in [0.25, 0.3) is 0 Å². The summed E-state index contributed by atoms with van der Waals surface area (Å²) in [5.74, 6) is 1.62. The van der Waals surface area contributed by atoms with Crippen molar-refractivity contribution in [2.45, 2.75) is 154 Å². The monoisotopic (exact) mass is 878 g/mol. The molecule has 4 atom stereocenters. The molecule has 0 saturated carbocycles. The van der Waals surface area contributed by atoms with Crippen molar-refractivity contribution in [3.8, 4) is 16.9 Å². The first kappa shape index (κ1) is 47.9. The Morgan fingerprint density at radius 2 is 1.38 bits per heavy atom. The van der Waals surface area contributed by atoms with Gasteiger partial charge in [0.1, 0.15) is 30.4 Å². The van der Waals surface area contributed by atoms with Crippen LogP contribution in [0.15, 0.2) is 54.9 Å². The summed E-state index contributed by atoms with van der Waals surface area (Å²) in [6, 6.07) is 16.6. The molecule has 332 valence electrons. The molecule has 3 heterocycles. The number of imidazole rings is 1. The summed E-state index contributed by atoms with van der Waals surface area (Å²) in [5.41, 5.74) is 16.4. The molecule has 15 heteroatoms. The molecule has 1 aliphatic rings. The topological polar surface area (TPSA) is 145 Å². The molecule has 2 aromatic heterocycles. The van der Waals surface area contributed by atoms with Gasteiger partial charge in [-0.2, -0.15) is 0 Å². The zero-order valence-corrected chi connectivity index (χ0v) is 42.5. The average Bonchev–Trinajstić information content (AvgIpc) is 3.69. The summed E-state index contributed by atoms with van der Waals surface area (Å²) in [4.78, 5) is 16.4. The van der Waals surface area contributed by atoms with Gasteiger partial charge in [-0.1, -0.05) is 92.6 Å². The number of anilines is 3. The lowest BCUT2D eigenvalue weighted by Crippen LogP contribution is -2.54. The van der Waals surface area contributed by atoms with Crippen molar-refractivity contribution < 1.29 is 22.8 Å². The van der Waals surface area contributed by atoms with Gasteiger partial charge in [0, 0.05) is 24.4 Å². The molecule has 0 amide bonds. The van der Waals surface area contributed by atoms with Crippen molar-refractivity contribution in [1.82, 2.24) is 19.5 Å². The van der Waals surface area contributed by atoms with Crippen LogP contribution in [0, 0.1) is 0 Å². The van der Waals surface area contributed by atoms with Crippen molar-refractivity contribution >= 4 is 53.6 Å². The maximum absolute atomic E-state index is 7.56. The highest BCUT2D eigenvalue weighted by Crippen LogP contribution is 2.48. The van der Waals surface area contributed by atoms with Gasteiger partial charge in [-0.25, -0.2) is 15.0 Å². The molecule has 12 nitrogen and oxygen atoms in total. The second-order valence-electron chi connectivity index (χ2n) is 21.0.